The van der Waals surface area contributed by atoms with Crippen LogP contribution >= 0.6 is 0 Å². The fourth-order valence-corrected chi connectivity index (χ4v) is 0.740. The van der Waals surface area contributed by atoms with Crippen molar-refractivity contribution in [2.75, 3.05) is 6.61 Å². The van der Waals surface area contributed by atoms with Crippen LogP contribution in [0.3, 0.4) is 0 Å². The number of unbranched alkanes of at least 4 members (excludes halogenated alkanes) is 2. The summed E-state index contributed by atoms with van der Waals surface area (Å²) in [5.74, 6) is 0. The average molecular weight is 145 g/mol. The molecule has 0 fully saturated rings. The van der Waals surface area contributed by atoms with Crippen LogP contribution in [0.1, 0.15) is 32.6 Å². The fourth-order valence-electron chi connectivity index (χ4n) is 0.740. The van der Waals surface area contributed by atoms with E-state index in [0.717, 1.165) is 19.3 Å². The van der Waals surface area contributed by atoms with E-state index in [1.165, 1.54) is 0 Å². The first-order valence-corrected chi connectivity index (χ1v) is 3.65. The monoisotopic (exact) mass is 145 g/mol. The van der Waals surface area contributed by atoms with Crippen molar-refractivity contribution in [2.45, 2.75) is 32.6 Å². The van der Waals surface area contributed by atoms with Crippen LogP contribution in [0, 0.1) is 0 Å². The summed E-state index contributed by atoms with van der Waals surface area (Å²) < 4.78 is 0. The highest BCUT2D eigenvalue weighted by molar-refractivity contribution is 5.84. The second-order valence-electron chi connectivity index (χ2n) is 2.28. The van der Waals surface area contributed by atoms with Gasteiger partial charge in [-0.2, -0.15) is 0 Å². The molecule has 0 heterocycles. The summed E-state index contributed by atoms with van der Waals surface area (Å²) in [6, 6.07) is 0. The molecule has 0 amide bonds. The van der Waals surface area contributed by atoms with Crippen molar-refractivity contribution in [3.63, 3.8) is 0 Å². The zero-order valence-corrected chi connectivity index (χ0v) is 6.38. The van der Waals surface area contributed by atoms with Crippen molar-refractivity contribution in [3.05, 3.63) is 0 Å². The standard InChI is InChI=1S/C7H15NO2/c1-2-3-4-5-7(6-9)8-10/h9-10H,2-6H2,1H3/b8-7-. The molecule has 0 aromatic heterocycles. The van der Waals surface area contributed by atoms with Crippen LogP contribution in [0.15, 0.2) is 5.16 Å². The minimum atomic E-state index is -0.125. The summed E-state index contributed by atoms with van der Waals surface area (Å²) in [5.41, 5.74) is 0.480. The largest absolute Gasteiger partial charge is 0.411 e. The molecule has 2 N–H and O–H groups in total. The third-order valence-electron chi connectivity index (χ3n) is 1.39. The van der Waals surface area contributed by atoms with Gasteiger partial charge in [-0.25, -0.2) is 0 Å². The zero-order chi connectivity index (χ0) is 7.82. The molecule has 0 bridgehead atoms. The van der Waals surface area contributed by atoms with E-state index in [1.807, 2.05) is 0 Å². The first-order valence-electron chi connectivity index (χ1n) is 3.65. The Morgan fingerprint density at radius 2 is 2.10 bits per heavy atom. The molecule has 0 atom stereocenters. The lowest BCUT2D eigenvalue weighted by Crippen LogP contribution is -2.03. The number of hydrogen-bond donors (Lipinski definition) is 2. The van der Waals surface area contributed by atoms with Gasteiger partial charge >= 0.3 is 0 Å². The van der Waals surface area contributed by atoms with Crippen molar-refractivity contribution < 1.29 is 10.3 Å². The molecular weight excluding hydrogens is 130 g/mol. The van der Waals surface area contributed by atoms with Crippen molar-refractivity contribution in [3.8, 4) is 0 Å². The van der Waals surface area contributed by atoms with Gasteiger partial charge in [0.05, 0.1) is 12.3 Å². The molecule has 0 aromatic carbocycles. The van der Waals surface area contributed by atoms with Crippen LogP contribution in [-0.4, -0.2) is 22.6 Å². The zero-order valence-electron chi connectivity index (χ0n) is 6.38. The second-order valence-corrected chi connectivity index (χ2v) is 2.28. The topological polar surface area (TPSA) is 52.8 Å². The highest BCUT2D eigenvalue weighted by Crippen LogP contribution is 1.99. The molecule has 3 nitrogen and oxygen atoms in total. The maximum absolute atomic E-state index is 8.53. The van der Waals surface area contributed by atoms with Crippen LogP contribution in [0.4, 0.5) is 0 Å². The molecule has 3 heteroatoms. The van der Waals surface area contributed by atoms with Gasteiger partial charge in [0.2, 0.25) is 0 Å². The highest BCUT2D eigenvalue weighted by Gasteiger charge is 1.95. The van der Waals surface area contributed by atoms with E-state index in [0.29, 0.717) is 12.1 Å². The van der Waals surface area contributed by atoms with Gasteiger partial charge in [-0.1, -0.05) is 24.9 Å². The predicted octanol–water partition coefficient (Wildman–Crippen LogP) is 1.39. The predicted molar refractivity (Wildman–Crippen MR) is 40.4 cm³/mol. The number of aliphatic hydroxyl groups is 1. The van der Waals surface area contributed by atoms with Gasteiger partial charge in [-0.15, -0.1) is 0 Å². The van der Waals surface area contributed by atoms with Crippen molar-refractivity contribution in [1.29, 1.82) is 0 Å². The molecule has 0 radical (unpaired) electrons. The number of oxime groups is 1. The number of nitrogens with zero attached hydrogens (tertiary/aromatic N) is 1. The maximum Gasteiger partial charge on any atom is 0.0846 e. The Balaban J connectivity index is 3.27. The lowest BCUT2D eigenvalue weighted by atomic mass is 10.1. The summed E-state index contributed by atoms with van der Waals surface area (Å²) in [5, 5.41) is 19.7. The Labute approximate surface area is 61.4 Å². The molecule has 10 heavy (non-hydrogen) atoms. The Hall–Kier alpha value is -0.570. The molecule has 0 aromatic rings. The Bertz CT molecular complexity index is 102. The van der Waals surface area contributed by atoms with Crippen LogP contribution in [0.25, 0.3) is 0 Å². The van der Waals surface area contributed by atoms with Gasteiger partial charge < -0.3 is 10.3 Å². The van der Waals surface area contributed by atoms with E-state index in [-0.39, 0.29) is 6.61 Å². The number of aliphatic hydroxyl groups excluding tert-OH is 1. The van der Waals surface area contributed by atoms with E-state index < -0.39 is 0 Å². The molecule has 0 aliphatic rings. The van der Waals surface area contributed by atoms with E-state index in [4.69, 9.17) is 10.3 Å². The van der Waals surface area contributed by atoms with Crippen molar-refractivity contribution in [2.24, 2.45) is 5.16 Å². The molecule has 0 aliphatic carbocycles. The first kappa shape index (κ1) is 9.43. The normalized spacial score (nSPS) is 12.0. The summed E-state index contributed by atoms with van der Waals surface area (Å²) >= 11 is 0. The Morgan fingerprint density at radius 1 is 1.40 bits per heavy atom. The quantitative estimate of drug-likeness (QED) is 0.266. The Kier molecular flexibility index (Phi) is 6.18. The molecular formula is C7H15NO2. The van der Waals surface area contributed by atoms with Crippen molar-refractivity contribution in [1.82, 2.24) is 0 Å². The lowest BCUT2D eigenvalue weighted by Gasteiger charge is -1.97. The first-order chi connectivity index (χ1) is 4.85. The molecule has 0 aliphatic heterocycles. The van der Waals surface area contributed by atoms with Gasteiger partial charge in [0.1, 0.15) is 0 Å². The van der Waals surface area contributed by atoms with E-state index in [2.05, 4.69) is 12.1 Å². The second kappa shape index (κ2) is 6.55. The van der Waals surface area contributed by atoms with Crippen LogP contribution < -0.4 is 0 Å². The molecule has 0 spiro atoms. The van der Waals surface area contributed by atoms with Gasteiger partial charge in [0.15, 0.2) is 0 Å². The van der Waals surface area contributed by atoms with E-state index in [9.17, 15) is 0 Å². The van der Waals surface area contributed by atoms with E-state index in [1.54, 1.807) is 0 Å². The van der Waals surface area contributed by atoms with E-state index >= 15 is 0 Å². The Morgan fingerprint density at radius 3 is 2.50 bits per heavy atom. The minimum Gasteiger partial charge on any atom is -0.411 e. The van der Waals surface area contributed by atoms with Crippen LogP contribution in [-0.2, 0) is 0 Å². The maximum atomic E-state index is 8.53. The van der Waals surface area contributed by atoms with Gasteiger partial charge in [-0.3, -0.25) is 0 Å². The number of rotatable bonds is 5. The molecule has 0 saturated heterocycles. The molecule has 0 rings (SSSR count). The summed E-state index contributed by atoms with van der Waals surface area (Å²) in [6.45, 7) is 1.98. The fraction of sp³-hybridized carbons (Fsp3) is 0.857. The minimum absolute atomic E-state index is 0.125. The average Bonchev–Trinajstić information content (AvgIpc) is 1.99. The van der Waals surface area contributed by atoms with Gasteiger partial charge in [-0.05, 0) is 12.8 Å². The molecule has 60 valence electrons. The number of hydrogen-bond acceptors (Lipinski definition) is 3. The third kappa shape index (κ3) is 4.32. The molecule has 0 unspecified atom stereocenters. The SMILES string of the molecule is CCCCC/C(CO)=N/O. The summed E-state index contributed by atoms with van der Waals surface area (Å²) in [4.78, 5) is 0. The van der Waals surface area contributed by atoms with Crippen molar-refractivity contribution >= 4 is 5.71 Å². The van der Waals surface area contributed by atoms with Crippen LogP contribution in [0.2, 0.25) is 0 Å². The summed E-state index contributed by atoms with van der Waals surface area (Å²) in [6.07, 6.45) is 3.97. The lowest BCUT2D eigenvalue weighted by molar-refractivity contribution is 0.300. The molecule has 0 saturated carbocycles. The third-order valence-corrected chi connectivity index (χ3v) is 1.39. The van der Waals surface area contributed by atoms with Gasteiger partial charge in [0, 0.05) is 0 Å². The van der Waals surface area contributed by atoms with Crippen LogP contribution in [0.5, 0.6) is 0 Å². The summed E-state index contributed by atoms with van der Waals surface area (Å²) in [7, 11) is 0. The smallest absolute Gasteiger partial charge is 0.0846 e. The highest BCUT2D eigenvalue weighted by atomic mass is 16.4. The van der Waals surface area contributed by atoms with Gasteiger partial charge in [0.25, 0.3) is 0 Å².